The van der Waals surface area contributed by atoms with E-state index in [1.54, 1.807) is 4.90 Å². The van der Waals surface area contributed by atoms with Crippen LogP contribution in [0.4, 0.5) is 4.79 Å². The van der Waals surface area contributed by atoms with E-state index in [2.05, 4.69) is 21.3 Å². The number of guanidine groups is 1. The van der Waals surface area contributed by atoms with E-state index >= 15 is 0 Å². The number of nitrogens with one attached hydrogen (secondary N) is 1. The van der Waals surface area contributed by atoms with Gasteiger partial charge < -0.3 is 24.6 Å². The summed E-state index contributed by atoms with van der Waals surface area (Å²) in [6.45, 7) is 9.18. The smallest absolute Gasteiger partial charge is 0.410 e. The van der Waals surface area contributed by atoms with Crippen LogP contribution in [0.25, 0.3) is 0 Å². The van der Waals surface area contributed by atoms with Gasteiger partial charge in [0.1, 0.15) is 17.5 Å². The summed E-state index contributed by atoms with van der Waals surface area (Å²) in [4.78, 5) is 21.0. The topological polar surface area (TPSA) is 66.4 Å². The Morgan fingerprint density at radius 1 is 1.32 bits per heavy atom. The molecule has 0 aliphatic carbocycles. The molecule has 154 valence electrons. The Hall–Kier alpha value is -1.71. The number of nitrogens with zero attached hydrogens (tertiary/aromatic N) is 3. The lowest BCUT2D eigenvalue weighted by atomic mass is 10.1. The number of piperazine rings is 1. The van der Waals surface area contributed by atoms with Gasteiger partial charge in [0.25, 0.3) is 0 Å². The van der Waals surface area contributed by atoms with Crippen LogP contribution < -0.4 is 10.1 Å². The van der Waals surface area contributed by atoms with Crippen LogP contribution in [0.15, 0.2) is 29.3 Å². The molecule has 7 nitrogen and oxygen atoms in total. The largest absolute Gasteiger partial charge is 0.488 e. The average molecular weight is 500 g/mol. The third kappa shape index (κ3) is 4.64. The zero-order valence-corrected chi connectivity index (χ0v) is 19.0. The van der Waals surface area contributed by atoms with Crippen LogP contribution in [0.3, 0.4) is 0 Å². The summed E-state index contributed by atoms with van der Waals surface area (Å²) in [5.41, 5.74) is 0.799. The molecule has 1 N–H and O–H groups in total. The molecular formula is C20H29IN4O3. The molecule has 0 bridgehead atoms. The predicted octanol–water partition coefficient (Wildman–Crippen LogP) is 2.49. The van der Waals surface area contributed by atoms with Gasteiger partial charge in [-0.05, 0) is 32.4 Å². The van der Waals surface area contributed by atoms with Crippen LogP contribution in [0.1, 0.15) is 26.3 Å². The number of benzene rings is 1. The van der Waals surface area contributed by atoms with Crippen molar-refractivity contribution in [2.24, 2.45) is 4.99 Å². The first-order valence-electron chi connectivity index (χ1n) is 9.66. The van der Waals surface area contributed by atoms with Gasteiger partial charge >= 0.3 is 6.09 Å². The fourth-order valence-corrected chi connectivity index (χ4v) is 3.80. The number of carbonyl (C=O) groups excluding carboxylic acids is 1. The molecule has 8 heteroatoms. The molecular weight excluding hydrogens is 471 g/mol. The van der Waals surface area contributed by atoms with Gasteiger partial charge in [-0.3, -0.25) is 4.99 Å². The summed E-state index contributed by atoms with van der Waals surface area (Å²) in [5, 5.41) is 3.46. The van der Waals surface area contributed by atoms with Gasteiger partial charge in [0.05, 0.1) is 19.1 Å². The van der Waals surface area contributed by atoms with E-state index in [4.69, 9.17) is 9.47 Å². The van der Waals surface area contributed by atoms with Gasteiger partial charge in [-0.1, -0.05) is 18.2 Å². The molecule has 1 amide bonds. The Labute approximate surface area is 183 Å². The highest BCUT2D eigenvalue weighted by atomic mass is 127. The van der Waals surface area contributed by atoms with Crippen LogP contribution in [0.2, 0.25) is 0 Å². The number of hydrogen-bond acceptors (Lipinski definition) is 6. The zero-order chi connectivity index (χ0) is 19.0. The standard InChI is InChI=1S/C20H28N4O3.HI/c1-20(2,3)27-19(25)23-8-9-24-15(13-23)11-21-18(24)22-12-16-10-14-6-4-5-7-17(14)26-16;/h4-7,15-16H,8-13H2,1-3H3,(H,21,22);1H. The third-order valence-electron chi connectivity index (χ3n) is 5.06. The van der Waals surface area contributed by atoms with Crippen molar-refractivity contribution < 1.29 is 14.3 Å². The number of halogens is 1. The molecule has 0 spiro atoms. The maximum absolute atomic E-state index is 12.3. The quantitative estimate of drug-likeness (QED) is 0.633. The monoisotopic (exact) mass is 500 g/mol. The van der Waals surface area contributed by atoms with E-state index in [-0.39, 0.29) is 42.2 Å². The molecule has 3 heterocycles. The Morgan fingerprint density at radius 3 is 2.86 bits per heavy atom. The Balaban J connectivity index is 0.00000225. The molecule has 2 unspecified atom stereocenters. The van der Waals surface area contributed by atoms with Gasteiger partial charge in [0, 0.05) is 26.1 Å². The summed E-state index contributed by atoms with van der Waals surface area (Å²) in [5.74, 6) is 1.91. The van der Waals surface area contributed by atoms with Crippen LogP contribution in [-0.4, -0.2) is 72.3 Å². The average Bonchev–Trinajstić information content (AvgIpc) is 3.21. The molecule has 3 aliphatic rings. The molecule has 28 heavy (non-hydrogen) atoms. The van der Waals surface area contributed by atoms with Crippen molar-refractivity contribution in [2.45, 2.75) is 44.9 Å². The first-order chi connectivity index (χ1) is 12.9. The summed E-state index contributed by atoms with van der Waals surface area (Å²) in [6.07, 6.45) is 0.819. The van der Waals surface area contributed by atoms with Crippen molar-refractivity contribution in [3.8, 4) is 5.75 Å². The van der Waals surface area contributed by atoms with Crippen molar-refractivity contribution in [3.63, 3.8) is 0 Å². The van der Waals surface area contributed by atoms with E-state index in [0.29, 0.717) is 19.6 Å². The molecule has 0 saturated carbocycles. The first-order valence-corrected chi connectivity index (χ1v) is 9.66. The molecule has 4 rings (SSSR count). The molecule has 1 saturated heterocycles. The zero-order valence-electron chi connectivity index (χ0n) is 16.7. The van der Waals surface area contributed by atoms with Crippen LogP contribution >= 0.6 is 24.0 Å². The van der Waals surface area contributed by atoms with E-state index < -0.39 is 5.60 Å². The summed E-state index contributed by atoms with van der Waals surface area (Å²) in [7, 11) is 0. The molecule has 1 aromatic carbocycles. The van der Waals surface area contributed by atoms with Crippen molar-refractivity contribution in [1.82, 2.24) is 15.1 Å². The maximum atomic E-state index is 12.3. The number of aliphatic imine (C=N–C) groups is 1. The molecule has 0 radical (unpaired) electrons. The summed E-state index contributed by atoms with van der Waals surface area (Å²) < 4.78 is 11.5. The maximum Gasteiger partial charge on any atom is 0.410 e. The van der Waals surface area contributed by atoms with Crippen molar-refractivity contribution in [1.29, 1.82) is 0 Å². The molecule has 1 aromatic rings. The minimum atomic E-state index is -0.466. The Morgan fingerprint density at radius 2 is 2.11 bits per heavy atom. The minimum absolute atomic E-state index is 0. The van der Waals surface area contributed by atoms with E-state index in [1.165, 1.54) is 5.56 Å². The highest BCUT2D eigenvalue weighted by Gasteiger charge is 2.36. The van der Waals surface area contributed by atoms with Gasteiger partial charge in [0.15, 0.2) is 5.96 Å². The lowest BCUT2D eigenvalue weighted by molar-refractivity contribution is 0.0137. The van der Waals surface area contributed by atoms with Gasteiger partial charge in [-0.25, -0.2) is 4.79 Å². The minimum Gasteiger partial charge on any atom is -0.488 e. The predicted molar refractivity (Wildman–Crippen MR) is 119 cm³/mol. The molecule has 0 aromatic heterocycles. The van der Waals surface area contributed by atoms with Gasteiger partial charge in [-0.15, -0.1) is 24.0 Å². The number of hydrogen-bond donors (Lipinski definition) is 1. The highest BCUT2D eigenvalue weighted by molar-refractivity contribution is 14.0. The second kappa shape index (κ2) is 8.34. The Bertz CT molecular complexity index is 724. The summed E-state index contributed by atoms with van der Waals surface area (Å²) >= 11 is 0. The second-order valence-electron chi connectivity index (χ2n) is 8.37. The second-order valence-corrected chi connectivity index (χ2v) is 8.37. The van der Waals surface area contributed by atoms with Crippen molar-refractivity contribution >= 4 is 36.0 Å². The van der Waals surface area contributed by atoms with Crippen LogP contribution in [0.5, 0.6) is 5.75 Å². The summed E-state index contributed by atoms with van der Waals surface area (Å²) in [6, 6.07) is 8.41. The number of para-hydroxylation sites is 1. The van der Waals surface area contributed by atoms with E-state index in [1.807, 2.05) is 39.0 Å². The normalized spacial score (nSPS) is 23.2. The number of amides is 1. The van der Waals surface area contributed by atoms with Crippen molar-refractivity contribution in [2.75, 3.05) is 32.7 Å². The molecule has 2 atom stereocenters. The number of rotatable bonds is 2. The Kier molecular flexibility index (Phi) is 6.26. The van der Waals surface area contributed by atoms with Crippen LogP contribution in [0, 0.1) is 0 Å². The van der Waals surface area contributed by atoms with Crippen LogP contribution in [-0.2, 0) is 11.2 Å². The third-order valence-corrected chi connectivity index (χ3v) is 5.06. The van der Waals surface area contributed by atoms with E-state index in [9.17, 15) is 4.79 Å². The molecule has 1 fully saturated rings. The van der Waals surface area contributed by atoms with Crippen molar-refractivity contribution in [3.05, 3.63) is 29.8 Å². The van der Waals surface area contributed by atoms with E-state index in [0.717, 1.165) is 31.2 Å². The lowest BCUT2D eigenvalue weighted by Crippen LogP contribution is -2.58. The number of carbonyl (C=O) groups is 1. The fourth-order valence-electron chi connectivity index (χ4n) is 3.80. The number of fused-ring (bicyclic) bond motifs is 2. The first kappa shape index (κ1) is 21.0. The SMILES string of the molecule is CC(C)(C)OC(=O)N1CCN2C(NCC3Cc4ccccc4O3)=NCC2C1.I. The fraction of sp³-hybridized carbons (Fsp3) is 0.600. The molecule has 3 aliphatic heterocycles. The highest BCUT2D eigenvalue weighted by Crippen LogP contribution is 2.28. The lowest BCUT2D eigenvalue weighted by Gasteiger charge is -2.39. The van der Waals surface area contributed by atoms with Gasteiger partial charge in [0.2, 0.25) is 0 Å². The van der Waals surface area contributed by atoms with Gasteiger partial charge in [-0.2, -0.15) is 0 Å². The number of ether oxygens (including phenoxy) is 2.